The van der Waals surface area contributed by atoms with Gasteiger partial charge in [-0.15, -0.1) is 0 Å². The van der Waals surface area contributed by atoms with Crippen molar-refractivity contribution in [1.29, 1.82) is 0 Å². The third-order valence-corrected chi connectivity index (χ3v) is 5.26. The van der Waals surface area contributed by atoms with E-state index < -0.39 is 10.0 Å². The van der Waals surface area contributed by atoms with E-state index in [4.69, 9.17) is 9.47 Å². The number of hydrogen-bond acceptors (Lipinski definition) is 5. The average Bonchev–Trinajstić information content (AvgIpc) is 2.68. The molecule has 2 aromatic rings. The van der Waals surface area contributed by atoms with Crippen molar-refractivity contribution in [3.63, 3.8) is 0 Å². The molecule has 0 bridgehead atoms. The molecule has 0 radical (unpaired) electrons. The minimum atomic E-state index is -3.76. The topological polar surface area (TPSA) is 93.7 Å². The summed E-state index contributed by atoms with van der Waals surface area (Å²) in [5.41, 5.74) is 0.981. The Balaban J connectivity index is 1.90. The van der Waals surface area contributed by atoms with E-state index in [1.165, 1.54) is 12.1 Å². The summed E-state index contributed by atoms with van der Waals surface area (Å²) in [4.78, 5) is 12.0. The SMILES string of the molecule is CCOc1ccc(S(=O)(=O)NCCC(=O)NCc2ccccc2)cc1OCC. The Hall–Kier alpha value is -2.58. The largest absolute Gasteiger partial charge is 0.490 e. The molecule has 0 spiro atoms. The van der Waals surface area contributed by atoms with Crippen LogP contribution >= 0.6 is 0 Å². The van der Waals surface area contributed by atoms with E-state index in [9.17, 15) is 13.2 Å². The van der Waals surface area contributed by atoms with Crippen LogP contribution in [0.4, 0.5) is 0 Å². The first-order chi connectivity index (χ1) is 13.5. The number of carbonyl (C=O) groups excluding carboxylic acids is 1. The van der Waals surface area contributed by atoms with Crippen molar-refractivity contribution in [3.8, 4) is 11.5 Å². The molecule has 2 N–H and O–H groups in total. The second-order valence-corrected chi connectivity index (χ2v) is 7.65. The van der Waals surface area contributed by atoms with Gasteiger partial charge in [-0.1, -0.05) is 30.3 Å². The Morgan fingerprint density at radius 2 is 1.64 bits per heavy atom. The van der Waals surface area contributed by atoms with Crippen LogP contribution in [0, 0.1) is 0 Å². The average molecular weight is 407 g/mol. The maximum atomic E-state index is 12.5. The van der Waals surface area contributed by atoms with Crippen molar-refractivity contribution in [2.75, 3.05) is 19.8 Å². The molecular weight excluding hydrogens is 380 g/mol. The highest BCUT2D eigenvalue weighted by Gasteiger charge is 2.17. The number of carbonyl (C=O) groups is 1. The molecule has 0 aliphatic carbocycles. The molecule has 0 aliphatic heterocycles. The van der Waals surface area contributed by atoms with Gasteiger partial charge in [0.15, 0.2) is 11.5 Å². The Morgan fingerprint density at radius 1 is 0.964 bits per heavy atom. The van der Waals surface area contributed by atoms with Crippen molar-refractivity contribution in [3.05, 3.63) is 54.1 Å². The highest BCUT2D eigenvalue weighted by molar-refractivity contribution is 7.89. The quantitative estimate of drug-likeness (QED) is 0.598. The Morgan fingerprint density at radius 3 is 2.32 bits per heavy atom. The van der Waals surface area contributed by atoms with E-state index in [0.29, 0.717) is 31.3 Å². The number of sulfonamides is 1. The molecule has 0 aliphatic rings. The molecule has 0 heterocycles. The van der Waals surface area contributed by atoms with Crippen LogP contribution in [0.2, 0.25) is 0 Å². The number of amides is 1. The van der Waals surface area contributed by atoms with Gasteiger partial charge in [0.1, 0.15) is 0 Å². The molecule has 8 heteroatoms. The summed E-state index contributed by atoms with van der Waals surface area (Å²) in [6.45, 7) is 4.89. The third kappa shape index (κ3) is 6.54. The van der Waals surface area contributed by atoms with Crippen LogP contribution in [0.1, 0.15) is 25.8 Å². The van der Waals surface area contributed by atoms with Gasteiger partial charge < -0.3 is 14.8 Å². The predicted octanol–water partition coefficient (Wildman–Crippen LogP) is 2.47. The van der Waals surface area contributed by atoms with Crippen molar-refractivity contribution < 1.29 is 22.7 Å². The Kier molecular flexibility index (Phi) is 8.28. The van der Waals surface area contributed by atoms with Gasteiger partial charge in [0.05, 0.1) is 18.1 Å². The van der Waals surface area contributed by atoms with Gasteiger partial charge in [-0.3, -0.25) is 4.79 Å². The molecule has 2 aromatic carbocycles. The molecule has 0 aromatic heterocycles. The second kappa shape index (κ2) is 10.7. The lowest BCUT2D eigenvalue weighted by molar-refractivity contribution is -0.121. The van der Waals surface area contributed by atoms with Crippen LogP contribution in [0.25, 0.3) is 0 Å². The molecule has 28 heavy (non-hydrogen) atoms. The van der Waals surface area contributed by atoms with E-state index in [-0.39, 0.29) is 23.8 Å². The van der Waals surface area contributed by atoms with E-state index in [0.717, 1.165) is 5.56 Å². The molecule has 1 amide bonds. The summed E-state index contributed by atoms with van der Waals surface area (Å²) in [5.74, 6) is 0.629. The molecule has 0 atom stereocenters. The number of nitrogens with one attached hydrogen (secondary N) is 2. The summed E-state index contributed by atoms with van der Waals surface area (Å²) in [5, 5.41) is 2.76. The minimum absolute atomic E-state index is 0.000135. The lowest BCUT2D eigenvalue weighted by Crippen LogP contribution is -2.30. The number of hydrogen-bond donors (Lipinski definition) is 2. The highest BCUT2D eigenvalue weighted by atomic mass is 32.2. The number of rotatable bonds is 11. The normalized spacial score (nSPS) is 11.1. The summed E-state index contributed by atoms with van der Waals surface area (Å²) >= 11 is 0. The summed E-state index contributed by atoms with van der Waals surface area (Å²) < 4.78 is 38.3. The summed E-state index contributed by atoms with van der Waals surface area (Å²) in [6.07, 6.45) is 0.0431. The maximum absolute atomic E-state index is 12.5. The third-order valence-electron chi connectivity index (χ3n) is 3.80. The van der Waals surface area contributed by atoms with Crippen LogP contribution in [0.5, 0.6) is 11.5 Å². The molecule has 0 fully saturated rings. The zero-order valence-corrected chi connectivity index (χ0v) is 16.9. The zero-order chi connectivity index (χ0) is 20.4. The molecule has 0 unspecified atom stereocenters. The smallest absolute Gasteiger partial charge is 0.240 e. The summed E-state index contributed by atoms with van der Waals surface area (Å²) in [7, 11) is -3.76. The van der Waals surface area contributed by atoms with Gasteiger partial charge in [0.2, 0.25) is 15.9 Å². The van der Waals surface area contributed by atoms with Gasteiger partial charge in [-0.05, 0) is 31.5 Å². The van der Waals surface area contributed by atoms with E-state index in [1.54, 1.807) is 6.07 Å². The van der Waals surface area contributed by atoms with E-state index in [1.807, 2.05) is 44.2 Å². The van der Waals surface area contributed by atoms with Crippen molar-refractivity contribution >= 4 is 15.9 Å². The lowest BCUT2D eigenvalue weighted by atomic mass is 10.2. The number of benzene rings is 2. The molecular formula is C20H26N2O5S. The molecule has 2 rings (SSSR count). The van der Waals surface area contributed by atoms with Gasteiger partial charge in [0, 0.05) is 25.6 Å². The standard InChI is InChI=1S/C20H26N2O5S/c1-3-26-18-11-10-17(14-19(18)27-4-2)28(24,25)22-13-12-20(23)21-15-16-8-6-5-7-9-16/h5-11,14,22H,3-4,12-13,15H2,1-2H3,(H,21,23). The van der Waals surface area contributed by atoms with Gasteiger partial charge in [-0.2, -0.15) is 0 Å². The van der Waals surface area contributed by atoms with Crippen LogP contribution in [-0.2, 0) is 21.4 Å². The minimum Gasteiger partial charge on any atom is -0.490 e. The highest BCUT2D eigenvalue weighted by Crippen LogP contribution is 2.30. The fraction of sp³-hybridized carbons (Fsp3) is 0.350. The van der Waals surface area contributed by atoms with Crippen LogP contribution in [0.3, 0.4) is 0 Å². The van der Waals surface area contributed by atoms with Crippen molar-refractivity contribution in [2.45, 2.75) is 31.7 Å². The Labute approximate surface area is 166 Å². The van der Waals surface area contributed by atoms with E-state index >= 15 is 0 Å². The Bertz CT molecular complexity index is 869. The van der Waals surface area contributed by atoms with E-state index in [2.05, 4.69) is 10.0 Å². The molecule has 152 valence electrons. The zero-order valence-electron chi connectivity index (χ0n) is 16.1. The predicted molar refractivity (Wildman–Crippen MR) is 107 cm³/mol. The number of ether oxygens (including phenoxy) is 2. The molecule has 0 saturated heterocycles. The fourth-order valence-corrected chi connectivity index (χ4v) is 3.51. The maximum Gasteiger partial charge on any atom is 0.240 e. The van der Waals surface area contributed by atoms with Crippen molar-refractivity contribution in [2.24, 2.45) is 0 Å². The lowest BCUT2D eigenvalue weighted by Gasteiger charge is -2.13. The van der Waals surface area contributed by atoms with Crippen LogP contribution in [0.15, 0.2) is 53.4 Å². The molecule has 0 saturated carbocycles. The van der Waals surface area contributed by atoms with Gasteiger partial charge in [-0.25, -0.2) is 13.1 Å². The van der Waals surface area contributed by atoms with Gasteiger partial charge in [0.25, 0.3) is 0 Å². The second-order valence-electron chi connectivity index (χ2n) is 5.88. The summed E-state index contributed by atoms with van der Waals surface area (Å²) in [6, 6.07) is 13.9. The van der Waals surface area contributed by atoms with Crippen LogP contribution in [-0.4, -0.2) is 34.1 Å². The molecule has 7 nitrogen and oxygen atoms in total. The van der Waals surface area contributed by atoms with Gasteiger partial charge >= 0.3 is 0 Å². The van der Waals surface area contributed by atoms with Crippen LogP contribution < -0.4 is 19.5 Å². The van der Waals surface area contributed by atoms with Crippen molar-refractivity contribution in [1.82, 2.24) is 10.0 Å². The first-order valence-electron chi connectivity index (χ1n) is 9.16. The first kappa shape index (κ1) is 21.7. The monoisotopic (exact) mass is 406 g/mol. The fourth-order valence-electron chi connectivity index (χ4n) is 2.47. The first-order valence-corrected chi connectivity index (χ1v) is 10.6.